The molecule has 1 aliphatic carbocycles. The smallest absolute Gasteiger partial charge is 0.0690 e. The Morgan fingerprint density at radius 3 is 2.53 bits per heavy atom. The molecule has 1 rings (SSSR count). The highest BCUT2D eigenvalue weighted by Gasteiger charge is 2.33. The minimum atomic E-state index is -0.0692. The van der Waals surface area contributed by atoms with Gasteiger partial charge >= 0.3 is 0 Å². The summed E-state index contributed by atoms with van der Waals surface area (Å²) in [5.74, 6) is 0.808. The third-order valence-electron chi connectivity index (χ3n) is 3.54. The molecule has 1 saturated carbocycles. The van der Waals surface area contributed by atoms with Gasteiger partial charge < -0.3 is 4.74 Å². The highest BCUT2D eigenvalue weighted by molar-refractivity contribution is 5.01. The van der Waals surface area contributed by atoms with Crippen molar-refractivity contribution in [1.29, 1.82) is 5.26 Å². The van der Waals surface area contributed by atoms with E-state index in [1.54, 1.807) is 0 Å². The Kier molecular flexibility index (Phi) is 5.11. The van der Waals surface area contributed by atoms with Gasteiger partial charge in [0.1, 0.15) is 0 Å². The lowest BCUT2D eigenvalue weighted by molar-refractivity contribution is 0.0911. The maximum absolute atomic E-state index is 9.28. The highest BCUT2D eigenvalue weighted by atomic mass is 16.5. The summed E-state index contributed by atoms with van der Waals surface area (Å²) in [6.45, 7) is 5.99. The van der Waals surface area contributed by atoms with Crippen molar-refractivity contribution in [2.45, 2.75) is 52.4 Å². The van der Waals surface area contributed by atoms with Crippen LogP contribution in [0.5, 0.6) is 0 Å². The molecule has 0 unspecified atom stereocenters. The minimum Gasteiger partial charge on any atom is -0.381 e. The van der Waals surface area contributed by atoms with Gasteiger partial charge in [-0.2, -0.15) is 5.26 Å². The number of hydrogen-bond acceptors (Lipinski definition) is 2. The van der Waals surface area contributed by atoms with Crippen LogP contribution >= 0.6 is 0 Å². The Balaban J connectivity index is 2.31. The van der Waals surface area contributed by atoms with Crippen LogP contribution in [-0.2, 0) is 4.74 Å². The van der Waals surface area contributed by atoms with Crippen LogP contribution < -0.4 is 0 Å². The predicted octanol–water partition coefficient (Wildman–Crippen LogP) is 3.52. The number of nitrogens with zero attached hydrogens (tertiary/aromatic N) is 1. The zero-order chi connectivity index (χ0) is 11.1. The number of nitriles is 1. The average molecular weight is 209 g/mol. The summed E-state index contributed by atoms with van der Waals surface area (Å²) in [5.41, 5.74) is -0.0692. The fraction of sp³-hybridized carbons (Fsp3) is 0.923. The monoisotopic (exact) mass is 209 g/mol. The van der Waals surface area contributed by atoms with Gasteiger partial charge in [0.15, 0.2) is 0 Å². The molecule has 0 atom stereocenters. The van der Waals surface area contributed by atoms with E-state index in [-0.39, 0.29) is 5.41 Å². The minimum absolute atomic E-state index is 0.0692. The van der Waals surface area contributed by atoms with Crippen LogP contribution in [0.1, 0.15) is 52.4 Å². The van der Waals surface area contributed by atoms with Crippen LogP contribution in [0, 0.1) is 22.7 Å². The normalized spacial score (nSPS) is 31.1. The third-order valence-corrected chi connectivity index (χ3v) is 3.54. The first kappa shape index (κ1) is 12.5. The van der Waals surface area contributed by atoms with Crippen molar-refractivity contribution in [2.24, 2.45) is 11.3 Å². The lowest BCUT2D eigenvalue weighted by Crippen LogP contribution is -2.26. The van der Waals surface area contributed by atoms with Gasteiger partial charge in [-0.25, -0.2) is 0 Å². The van der Waals surface area contributed by atoms with Crippen molar-refractivity contribution in [3.8, 4) is 6.07 Å². The Morgan fingerprint density at radius 1 is 1.33 bits per heavy atom. The summed E-state index contributed by atoms with van der Waals surface area (Å²) in [7, 11) is 0. The molecule has 0 saturated heterocycles. The van der Waals surface area contributed by atoms with Crippen molar-refractivity contribution < 1.29 is 4.74 Å². The molecular weight excluding hydrogens is 186 g/mol. The van der Waals surface area contributed by atoms with Gasteiger partial charge in [0, 0.05) is 13.2 Å². The van der Waals surface area contributed by atoms with E-state index in [9.17, 15) is 5.26 Å². The molecule has 0 heterocycles. The molecule has 86 valence electrons. The van der Waals surface area contributed by atoms with Gasteiger partial charge in [-0.3, -0.25) is 0 Å². The van der Waals surface area contributed by atoms with E-state index in [4.69, 9.17) is 4.74 Å². The lowest BCUT2D eigenvalue weighted by atomic mass is 9.70. The predicted molar refractivity (Wildman–Crippen MR) is 61.4 cm³/mol. The standard InChI is InChI=1S/C13H23NO/c1-3-9-15-10-8-13(11-14)6-4-12(2)5-7-13/h12H,3-10H2,1-2H3. The summed E-state index contributed by atoms with van der Waals surface area (Å²) < 4.78 is 5.49. The molecule has 0 bridgehead atoms. The van der Waals surface area contributed by atoms with Gasteiger partial charge in [0.05, 0.1) is 11.5 Å². The molecule has 1 fully saturated rings. The fourth-order valence-electron chi connectivity index (χ4n) is 2.25. The van der Waals surface area contributed by atoms with Crippen LogP contribution in [0.15, 0.2) is 0 Å². The molecule has 15 heavy (non-hydrogen) atoms. The van der Waals surface area contributed by atoms with E-state index in [0.29, 0.717) is 0 Å². The van der Waals surface area contributed by atoms with E-state index in [1.807, 2.05) is 0 Å². The molecule has 0 aliphatic heterocycles. The molecule has 0 aromatic rings. The second-order valence-corrected chi connectivity index (χ2v) is 4.94. The van der Waals surface area contributed by atoms with E-state index in [1.165, 1.54) is 12.8 Å². The zero-order valence-corrected chi connectivity index (χ0v) is 10.1. The van der Waals surface area contributed by atoms with Gasteiger partial charge in [0.25, 0.3) is 0 Å². The Labute approximate surface area is 93.6 Å². The molecule has 2 heteroatoms. The quantitative estimate of drug-likeness (QED) is 0.649. The fourth-order valence-corrected chi connectivity index (χ4v) is 2.25. The second kappa shape index (κ2) is 6.12. The van der Waals surface area contributed by atoms with Crippen molar-refractivity contribution in [3.63, 3.8) is 0 Å². The highest BCUT2D eigenvalue weighted by Crippen LogP contribution is 2.40. The van der Waals surface area contributed by atoms with E-state index in [2.05, 4.69) is 19.9 Å². The van der Waals surface area contributed by atoms with Crippen molar-refractivity contribution in [3.05, 3.63) is 0 Å². The van der Waals surface area contributed by atoms with Gasteiger partial charge in [-0.05, 0) is 44.4 Å². The maximum atomic E-state index is 9.28. The molecule has 0 spiro atoms. The van der Waals surface area contributed by atoms with Crippen molar-refractivity contribution in [1.82, 2.24) is 0 Å². The number of rotatable bonds is 5. The van der Waals surface area contributed by atoms with Crippen molar-refractivity contribution in [2.75, 3.05) is 13.2 Å². The number of hydrogen-bond donors (Lipinski definition) is 0. The summed E-state index contributed by atoms with van der Waals surface area (Å²) >= 11 is 0. The Bertz CT molecular complexity index is 211. The van der Waals surface area contributed by atoms with Gasteiger partial charge in [-0.1, -0.05) is 13.8 Å². The molecule has 0 radical (unpaired) electrons. The van der Waals surface area contributed by atoms with Gasteiger partial charge in [0.2, 0.25) is 0 Å². The van der Waals surface area contributed by atoms with Crippen LogP contribution in [-0.4, -0.2) is 13.2 Å². The summed E-state index contributed by atoms with van der Waals surface area (Å²) in [6, 6.07) is 2.53. The third kappa shape index (κ3) is 3.83. The van der Waals surface area contributed by atoms with Crippen LogP contribution in [0.4, 0.5) is 0 Å². The van der Waals surface area contributed by atoms with Crippen LogP contribution in [0.2, 0.25) is 0 Å². The van der Waals surface area contributed by atoms with Crippen LogP contribution in [0.3, 0.4) is 0 Å². The zero-order valence-electron chi connectivity index (χ0n) is 10.1. The molecule has 2 nitrogen and oxygen atoms in total. The van der Waals surface area contributed by atoms with E-state index >= 15 is 0 Å². The van der Waals surface area contributed by atoms with E-state index in [0.717, 1.165) is 44.8 Å². The molecule has 0 aromatic carbocycles. The van der Waals surface area contributed by atoms with Gasteiger partial charge in [-0.15, -0.1) is 0 Å². The first-order valence-electron chi connectivity index (χ1n) is 6.21. The Morgan fingerprint density at radius 2 is 2.00 bits per heavy atom. The Hall–Kier alpha value is -0.550. The summed E-state index contributed by atoms with van der Waals surface area (Å²) in [6.07, 6.45) is 6.55. The largest absolute Gasteiger partial charge is 0.381 e. The SMILES string of the molecule is CCCOCCC1(C#N)CCC(C)CC1. The molecule has 0 aromatic heterocycles. The summed E-state index contributed by atoms with van der Waals surface area (Å²) in [4.78, 5) is 0. The summed E-state index contributed by atoms with van der Waals surface area (Å²) in [5, 5.41) is 9.28. The average Bonchev–Trinajstić information content (AvgIpc) is 2.28. The molecule has 1 aliphatic rings. The topological polar surface area (TPSA) is 33.0 Å². The second-order valence-electron chi connectivity index (χ2n) is 4.94. The molecule has 0 N–H and O–H groups in total. The van der Waals surface area contributed by atoms with Crippen LogP contribution in [0.25, 0.3) is 0 Å². The first-order chi connectivity index (χ1) is 7.22. The maximum Gasteiger partial charge on any atom is 0.0690 e. The van der Waals surface area contributed by atoms with E-state index < -0.39 is 0 Å². The molecule has 0 amide bonds. The first-order valence-corrected chi connectivity index (χ1v) is 6.21. The van der Waals surface area contributed by atoms with Crippen molar-refractivity contribution >= 4 is 0 Å². The number of ether oxygens (including phenoxy) is 1. The lowest BCUT2D eigenvalue weighted by Gasteiger charge is -2.33. The molecular formula is C13H23NO.